The highest BCUT2D eigenvalue weighted by molar-refractivity contribution is 5.81. The molecule has 3 rings (SSSR count). The first kappa shape index (κ1) is 13.6. The zero-order valence-electron chi connectivity index (χ0n) is 11.8. The summed E-state index contributed by atoms with van der Waals surface area (Å²) in [5.74, 6) is 6.46. The van der Waals surface area contributed by atoms with Gasteiger partial charge in [-0.25, -0.2) is 9.97 Å². The lowest BCUT2D eigenvalue weighted by molar-refractivity contribution is 0.537. The first-order chi connectivity index (χ1) is 10.3. The molecule has 1 atom stereocenters. The van der Waals surface area contributed by atoms with E-state index in [1.807, 2.05) is 43.5 Å². The molecule has 0 spiro atoms. The van der Waals surface area contributed by atoms with E-state index in [2.05, 4.69) is 26.4 Å². The summed E-state index contributed by atoms with van der Waals surface area (Å²) in [5, 5.41) is 1.14. The minimum Gasteiger partial charge on any atom is -0.271 e. The van der Waals surface area contributed by atoms with Crippen LogP contribution in [0.4, 0.5) is 0 Å². The molecule has 2 heterocycles. The van der Waals surface area contributed by atoms with Gasteiger partial charge in [-0.15, -0.1) is 0 Å². The number of rotatable bonds is 4. The normalized spacial score (nSPS) is 12.5. The van der Waals surface area contributed by atoms with Gasteiger partial charge in [0.2, 0.25) is 0 Å². The Morgan fingerprint density at radius 1 is 1.10 bits per heavy atom. The number of nitrogens with one attached hydrogen (secondary N) is 1. The van der Waals surface area contributed by atoms with Gasteiger partial charge in [0, 0.05) is 17.8 Å². The first-order valence-corrected chi connectivity index (χ1v) is 6.86. The molecule has 0 fully saturated rings. The number of hydrazine groups is 1. The van der Waals surface area contributed by atoms with Crippen molar-refractivity contribution in [2.24, 2.45) is 5.84 Å². The minimum absolute atomic E-state index is 0.0579. The van der Waals surface area contributed by atoms with Crippen molar-refractivity contribution in [2.45, 2.75) is 19.4 Å². The monoisotopic (exact) mass is 279 g/mol. The Morgan fingerprint density at radius 2 is 1.90 bits per heavy atom. The zero-order valence-corrected chi connectivity index (χ0v) is 11.8. The fourth-order valence-corrected chi connectivity index (χ4v) is 2.47. The third-order valence-electron chi connectivity index (χ3n) is 3.52. The quantitative estimate of drug-likeness (QED) is 0.565. The lowest BCUT2D eigenvalue weighted by atomic mass is 10.00. The molecule has 1 aromatic carbocycles. The van der Waals surface area contributed by atoms with E-state index in [-0.39, 0.29) is 6.04 Å². The number of nitrogens with zero attached hydrogens (tertiary/aromatic N) is 3. The third-order valence-corrected chi connectivity index (χ3v) is 3.52. The molecule has 21 heavy (non-hydrogen) atoms. The Bertz CT molecular complexity index is 751. The summed E-state index contributed by atoms with van der Waals surface area (Å²) in [6.07, 6.45) is 4.33. The minimum atomic E-state index is -0.0579. The third kappa shape index (κ3) is 2.89. The van der Waals surface area contributed by atoms with Crippen LogP contribution < -0.4 is 11.3 Å². The standard InChI is InChI=1S/C16H17N5/c1-11-18-9-7-15(20-11)16(21-17)10-12-6-8-19-14-5-3-2-4-13(12)14/h2-9,16,21H,10,17H2,1H3. The van der Waals surface area contributed by atoms with Crippen LogP contribution in [0.3, 0.4) is 0 Å². The maximum Gasteiger partial charge on any atom is 0.125 e. The van der Waals surface area contributed by atoms with Crippen LogP contribution in [-0.2, 0) is 6.42 Å². The Labute approximate surface area is 123 Å². The Kier molecular flexibility index (Phi) is 3.85. The van der Waals surface area contributed by atoms with Crippen LogP contribution in [0.25, 0.3) is 10.9 Å². The number of hydrogen-bond donors (Lipinski definition) is 2. The van der Waals surface area contributed by atoms with Crippen molar-refractivity contribution < 1.29 is 0 Å². The molecule has 2 aromatic heterocycles. The van der Waals surface area contributed by atoms with E-state index in [4.69, 9.17) is 5.84 Å². The number of benzene rings is 1. The fourth-order valence-electron chi connectivity index (χ4n) is 2.47. The van der Waals surface area contributed by atoms with Gasteiger partial charge in [0.05, 0.1) is 17.3 Å². The predicted molar refractivity (Wildman–Crippen MR) is 82.3 cm³/mol. The maximum absolute atomic E-state index is 5.72. The number of pyridine rings is 1. The summed E-state index contributed by atoms with van der Waals surface area (Å²) in [6, 6.07) is 12.0. The lowest BCUT2D eigenvalue weighted by Gasteiger charge is -2.16. The van der Waals surface area contributed by atoms with Crippen LogP contribution in [0.1, 0.15) is 23.1 Å². The van der Waals surface area contributed by atoms with Crippen molar-refractivity contribution in [2.75, 3.05) is 0 Å². The van der Waals surface area contributed by atoms with Crippen molar-refractivity contribution >= 4 is 10.9 Å². The molecule has 0 saturated carbocycles. The molecule has 106 valence electrons. The Balaban J connectivity index is 1.96. The van der Waals surface area contributed by atoms with Gasteiger partial charge in [-0.05, 0) is 37.1 Å². The number of aromatic nitrogens is 3. The lowest BCUT2D eigenvalue weighted by Crippen LogP contribution is -2.30. The molecule has 0 aliphatic heterocycles. The average Bonchev–Trinajstić information content (AvgIpc) is 2.52. The van der Waals surface area contributed by atoms with Crippen molar-refractivity contribution in [3.8, 4) is 0 Å². The Hall–Kier alpha value is -2.37. The highest BCUT2D eigenvalue weighted by Crippen LogP contribution is 2.22. The van der Waals surface area contributed by atoms with Gasteiger partial charge in [0.1, 0.15) is 5.82 Å². The van der Waals surface area contributed by atoms with Crippen LogP contribution in [0, 0.1) is 6.92 Å². The summed E-state index contributed by atoms with van der Waals surface area (Å²) in [6.45, 7) is 1.87. The van der Waals surface area contributed by atoms with Gasteiger partial charge >= 0.3 is 0 Å². The SMILES string of the molecule is Cc1nccc(C(Cc2ccnc3ccccc23)NN)n1. The van der Waals surface area contributed by atoms with Gasteiger partial charge in [0.25, 0.3) is 0 Å². The zero-order chi connectivity index (χ0) is 14.7. The molecule has 0 radical (unpaired) electrons. The smallest absolute Gasteiger partial charge is 0.125 e. The van der Waals surface area contributed by atoms with Gasteiger partial charge < -0.3 is 0 Å². The molecule has 0 amide bonds. The van der Waals surface area contributed by atoms with Crippen molar-refractivity contribution in [1.29, 1.82) is 0 Å². The first-order valence-electron chi connectivity index (χ1n) is 6.86. The van der Waals surface area contributed by atoms with Crippen LogP contribution in [-0.4, -0.2) is 15.0 Å². The molecule has 0 aliphatic rings. The number of hydrogen-bond acceptors (Lipinski definition) is 5. The average molecular weight is 279 g/mol. The topological polar surface area (TPSA) is 76.7 Å². The van der Waals surface area contributed by atoms with Crippen molar-refractivity contribution in [3.05, 3.63) is 65.9 Å². The molecule has 5 nitrogen and oxygen atoms in total. The summed E-state index contributed by atoms with van der Waals surface area (Å²) in [5.41, 5.74) is 5.93. The molecule has 0 bridgehead atoms. The maximum atomic E-state index is 5.72. The summed E-state index contributed by atoms with van der Waals surface area (Å²) in [4.78, 5) is 13.0. The molecular weight excluding hydrogens is 262 g/mol. The number of nitrogens with two attached hydrogens (primary N) is 1. The molecular formula is C16H17N5. The predicted octanol–water partition coefficient (Wildman–Crippen LogP) is 2.08. The van der Waals surface area contributed by atoms with Crippen molar-refractivity contribution in [3.63, 3.8) is 0 Å². The van der Waals surface area contributed by atoms with Crippen molar-refractivity contribution in [1.82, 2.24) is 20.4 Å². The second-order valence-corrected chi connectivity index (χ2v) is 4.94. The molecule has 5 heteroatoms. The summed E-state index contributed by atoms with van der Waals surface area (Å²) < 4.78 is 0. The fraction of sp³-hybridized carbons (Fsp3) is 0.188. The van der Waals surface area contributed by atoms with E-state index in [9.17, 15) is 0 Å². The molecule has 3 aromatic rings. The van der Waals surface area contributed by atoms with E-state index in [1.54, 1.807) is 6.20 Å². The van der Waals surface area contributed by atoms with Crippen LogP contribution >= 0.6 is 0 Å². The molecule has 3 N–H and O–H groups in total. The van der Waals surface area contributed by atoms with Gasteiger partial charge in [0.15, 0.2) is 0 Å². The number of para-hydroxylation sites is 1. The molecule has 1 unspecified atom stereocenters. The van der Waals surface area contributed by atoms with Crippen LogP contribution in [0.15, 0.2) is 48.8 Å². The second-order valence-electron chi connectivity index (χ2n) is 4.94. The van der Waals surface area contributed by atoms with E-state index in [1.165, 1.54) is 5.56 Å². The molecule has 0 aliphatic carbocycles. The van der Waals surface area contributed by atoms with E-state index >= 15 is 0 Å². The summed E-state index contributed by atoms with van der Waals surface area (Å²) >= 11 is 0. The second kappa shape index (κ2) is 5.95. The van der Waals surface area contributed by atoms with Crippen LogP contribution in [0.5, 0.6) is 0 Å². The van der Waals surface area contributed by atoms with E-state index in [0.29, 0.717) is 0 Å². The number of fused-ring (bicyclic) bond motifs is 1. The summed E-state index contributed by atoms with van der Waals surface area (Å²) in [7, 11) is 0. The van der Waals surface area contributed by atoms with Gasteiger partial charge in [-0.1, -0.05) is 18.2 Å². The van der Waals surface area contributed by atoms with E-state index in [0.717, 1.165) is 28.8 Å². The highest BCUT2D eigenvalue weighted by Gasteiger charge is 2.14. The van der Waals surface area contributed by atoms with Gasteiger partial charge in [-0.2, -0.15) is 0 Å². The number of aryl methyl sites for hydroxylation is 1. The molecule has 0 saturated heterocycles. The Morgan fingerprint density at radius 3 is 2.71 bits per heavy atom. The van der Waals surface area contributed by atoms with Gasteiger partial charge in [-0.3, -0.25) is 16.3 Å². The van der Waals surface area contributed by atoms with E-state index < -0.39 is 0 Å². The highest BCUT2D eigenvalue weighted by atomic mass is 15.2. The largest absolute Gasteiger partial charge is 0.271 e. The van der Waals surface area contributed by atoms with Crippen LogP contribution in [0.2, 0.25) is 0 Å².